The maximum absolute atomic E-state index is 12.7. The van der Waals surface area contributed by atoms with Crippen LogP contribution in [0.25, 0.3) is 16.7 Å². The number of nitrogens with zero attached hydrogens (tertiary/aromatic N) is 2. The highest BCUT2D eigenvalue weighted by molar-refractivity contribution is 6.30. The van der Waals surface area contributed by atoms with Gasteiger partial charge in [0.15, 0.2) is 5.69 Å². The molecule has 3 N–H and O–H groups in total. The molecule has 7 heteroatoms. The molecule has 1 unspecified atom stereocenters. The summed E-state index contributed by atoms with van der Waals surface area (Å²) in [5.74, 6) is 0.398. The lowest BCUT2D eigenvalue weighted by atomic mass is 10.1. The minimum absolute atomic E-state index is 0.157. The summed E-state index contributed by atoms with van der Waals surface area (Å²) >= 11 is 5.98. The lowest BCUT2D eigenvalue weighted by Crippen LogP contribution is -2.39. The van der Waals surface area contributed by atoms with Crippen LogP contribution >= 0.6 is 11.6 Å². The van der Waals surface area contributed by atoms with Crippen LogP contribution in [0.2, 0.25) is 5.02 Å². The van der Waals surface area contributed by atoms with Crippen molar-refractivity contribution in [3.63, 3.8) is 0 Å². The first-order chi connectivity index (χ1) is 13.6. The quantitative estimate of drug-likeness (QED) is 0.457. The van der Waals surface area contributed by atoms with Gasteiger partial charge in [0, 0.05) is 5.02 Å². The van der Waals surface area contributed by atoms with Gasteiger partial charge in [-0.25, -0.2) is 5.10 Å². The lowest BCUT2D eigenvalue weighted by Gasteiger charge is -2.25. The van der Waals surface area contributed by atoms with E-state index in [1.54, 1.807) is 12.1 Å². The number of aryl methyl sites for hydroxylation is 1. The van der Waals surface area contributed by atoms with E-state index in [2.05, 4.69) is 15.7 Å². The van der Waals surface area contributed by atoms with Gasteiger partial charge < -0.3 is 10.6 Å². The Morgan fingerprint density at radius 3 is 2.54 bits per heavy atom. The summed E-state index contributed by atoms with van der Waals surface area (Å²) in [5, 5.41) is 11.2. The first-order valence-electron chi connectivity index (χ1n) is 8.94. The van der Waals surface area contributed by atoms with Crippen LogP contribution in [-0.4, -0.2) is 16.0 Å². The number of carbonyl (C=O) groups is 1. The summed E-state index contributed by atoms with van der Waals surface area (Å²) in [7, 11) is 0. The molecule has 2 aromatic heterocycles. The first-order valence-corrected chi connectivity index (χ1v) is 9.31. The van der Waals surface area contributed by atoms with E-state index in [-0.39, 0.29) is 12.1 Å². The van der Waals surface area contributed by atoms with Crippen molar-refractivity contribution in [2.45, 2.75) is 13.1 Å². The molecular formula is C21H17ClN5O+. The Labute approximate surface area is 166 Å². The molecule has 5 rings (SSSR count). The van der Waals surface area contributed by atoms with Crippen LogP contribution in [0.3, 0.4) is 0 Å². The Morgan fingerprint density at radius 2 is 1.79 bits per heavy atom. The Morgan fingerprint density at radius 1 is 1.04 bits per heavy atom. The average molecular weight is 391 g/mol. The van der Waals surface area contributed by atoms with Crippen molar-refractivity contribution in [1.82, 2.24) is 15.4 Å². The molecule has 1 atom stereocenters. The number of carbonyl (C=O) groups excluding carboxylic acids is 1. The number of amides is 1. The van der Waals surface area contributed by atoms with E-state index in [1.807, 2.05) is 60.1 Å². The molecule has 2 aromatic carbocycles. The predicted octanol–water partition coefficient (Wildman–Crippen LogP) is 3.66. The van der Waals surface area contributed by atoms with E-state index in [0.29, 0.717) is 16.4 Å². The normalized spacial score (nSPS) is 15.8. The molecule has 0 saturated carbocycles. The van der Waals surface area contributed by atoms with Crippen molar-refractivity contribution in [1.29, 1.82) is 0 Å². The molecule has 6 nitrogen and oxygen atoms in total. The molecular weight excluding hydrogens is 374 g/mol. The predicted molar refractivity (Wildman–Crippen MR) is 108 cm³/mol. The summed E-state index contributed by atoms with van der Waals surface area (Å²) in [4.78, 5) is 17.5. The zero-order valence-corrected chi connectivity index (χ0v) is 15.8. The Hall–Kier alpha value is -3.38. The third-order valence-electron chi connectivity index (χ3n) is 4.92. The molecule has 4 aromatic rings. The van der Waals surface area contributed by atoms with Gasteiger partial charge in [0.2, 0.25) is 0 Å². The monoisotopic (exact) mass is 390 g/mol. The van der Waals surface area contributed by atoms with Crippen LogP contribution in [0.5, 0.6) is 0 Å². The fourth-order valence-corrected chi connectivity index (χ4v) is 3.61. The van der Waals surface area contributed by atoms with Crippen LogP contribution in [0.4, 0.5) is 5.82 Å². The smallest absolute Gasteiger partial charge is 0.328 e. The van der Waals surface area contributed by atoms with Crippen LogP contribution in [0, 0.1) is 6.92 Å². The van der Waals surface area contributed by atoms with Crippen molar-refractivity contribution >= 4 is 34.4 Å². The highest BCUT2D eigenvalue weighted by atomic mass is 35.5. The molecule has 0 radical (unpaired) electrons. The first kappa shape index (κ1) is 16.8. The van der Waals surface area contributed by atoms with Crippen LogP contribution in [0.15, 0.2) is 60.7 Å². The number of nitrogens with one attached hydrogen (secondary N) is 3. The van der Waals surface area contributed by atoms with Crippen molar-refractivity contribution in [3.8, 4) is 5.69 Å². The molecule has 138 valence electrons. The van der Waals surface area contributed by atoms with Crippen molar-refractivity contribution in [2.24, 2.45) is 0 Å². The van der Waals surface area contributed by atoms with Crippen LogP contribution < -0.4 is 15.3 Å². The number of rotatable bonds is 2. The standard InChI is InChI=1S/C21H16ClN5O/c1-12-16-11-17-19(24-20(16)27(26-12)15-5-3-2-4-6-15)23-18(25-21(17)28)13-7-9-14(22)10-8-13/h2-11,18H,1H3,(H2,23,24,25,26,28)/p+1. The van der Waals surface area contributed by atoms with Crippen molar-refractivity contribution in [3.05, 3.63) is 82.5 Å². The second kappa shape index (κ2) is 6.35. The summed E-state index contributed by atoms with van der Waals surface area (Å²) < 4.78 is 1.93. The van der Waals surface area contributed by atoms with Gasteiger partial charge in [-0.1, -0.05) is 41.9 Å². The fraction of sp³-hybridized carbons (Fsp3) is 0.0952. The van der Waals surface area contributed by atoms with E-state index in [0.717, 1.165) is 28.0 Å². The summed E-state index contributed by atoms with van der Waals surface area (Å²) in [5.41, 5.74) is 4.12. The number of halogens is 1. The van der Waals surface area contributed by atoms with Crippen molar-refractivity contribution in [2.75, 3.05) is 5.32 Å². The van der Waals surface area contributed by atoms with Gasteiger partial charge >= 0.3 is 5.65 Å². The second-order valence-corrected chi connectivity index (χ2v) is 7.20. The van der Waals surface area contributed by atoms with E-state index >= 15 is 0 Å². The molecule has 3 heterocycles. The minimum atomic E-state index is -0.368. The average Bonchev–Trinajstić information content (AvgIpc) is 3.04. The number of hydrogen-bond acceptors (Lipinski definition) is 3. The maximum atomic E-state index is 12.7. The van der Waals surface area contributed by atoms with Gasteiger partial charge in [0.25, 0.3) is 11.7 Å². The molecule has 1 aliphatic rings. The highest BCUT2D eigenvalue weighted by Gasteiger charge is 2.32. The summed E-state index contributed by atoms with van der Waals surface area (Å²) in [6.45, 7) is 1.97. The van der Waals surface area contributed by atoms with E-state index in [4.69, 9.17) is 16.6 Å². The largest absolute Gasteiger partial charge is 0.358 e. The van der Waals surface area contributed by atoms with Gasteiger partial charge in [-0.2, -0.15) is 0 Å². The van der Waals surface area contributed by atoms with Crippen molar-refractivity contribution < 1.29 is 9.48 Å². The number of para-hydroxylation sites is 1. The van der Waals surface area contributed by atoms with Gasteiger partial charge in [-0.15, -0.1) is 4.68 Å². The van der Waals surface area contributed by atoms with Gasteiger partial charge in [0.05, 0.1) is 11.1 Å². The third-order valence-corrected chi connectivity index (χ3v) is 5.17. The topological polar surface area (TPSA) is 73.7 Å². The molecule has 1 amide bonds. The molecule has 0 fully saturated rings. The fourth-order valence-electron chi connectivity index (χ4n) is 3.48. The van der Waals surface area contributed by atoms with E-state index in [1.165, 1.54) is 0 Å². The zero-order chi connectivity index (χ0) is 19.3. The van der Waals surface area contributed by atoms with Gasteiger partial charge in [0.1, 0.15) is 11.7 Å². The van der Waals surface area contributed by atoms with Gasteiger partial charge in [-0.3, -0.25) is 4.79 Å². The molecule has 0 saturated heterocycles. The summed E-state index contributed by atoms with van der Waals surface area (Å²) in [6.07, 6.45) is -0.368. The Kier molecular flexibility index (Phi) is 3.80. The van der Waals surface area contributed by atoms with E-state index < -0.39 is 0 Å². The van der Waals surface area contributed by atoms with Crippen LogP contribution in [-0.2, 0) is 0 Å². The number of anilines is 1. The number of H-pyrrole nitrogens is 1. The molecule has 1 aliphatic heterocycles. The second-order valence-electron chi connectivity index (χ2n) is 6.77. The Bertz CT molecular complexity index is 1200. The van der Waals surface area contributed by atoms with Gasteiger partial charge in [-0.05, 0) is 47.8 Å². The Balaban J connectivity index is 1.63. The highest BCUT2D eigenvalue weighted by Crippen LogP contribution is 2.28. The third kappa shape index (κ3) is 2.70. The lowest BCUT2D eigenvalue weighted by molar-refractivity contribution is -0.632. The minimum Gasteiger partial charge on any atom is -0.328 e. The van der Waals surface area contributed by atoms with E-state index in [9.17, 15) is 4.79 Å². The number of benzene rings is 2. The maximum Gasteiger partial charge on any atom is 0.358 e. The molecule has 28 heavy (non-hydrogen) atoms. The SMILES string of the molecule is Cc1[nH][n+](-c2ccccc2)c2nc3c(cc12)C(=O)NC(c1ccc(Cl)cc1)N3. The summed E-state index contributed by atoms with van der Waals surface area (Å²) in [6, 6.07) is 19.2. The number of pyridine rings is 1. The number of fused-ring (bicyclic) bond motifs is 2. The zero-order valence-electron chi connectivity index (χ0n) is 15.0. The molecule has 0 spiro atoms. The van der Waals surface area contributed by atoms with Crippen LogP contribution in [0.1, 0.15) is 27.8 Å². The molecule has 0 aliphatic carbocycles. The molecule has 0 bridgehead atoms. The number of aromatic nitrogens is 3. The number of hydrogen-bond donors (Lipinski definition) is 3. The number of aromatic amines is 1.